The van der Waals surface area contributed by atoms with Gasteiger partial charge in [0.25, 0.3) is 0 Å². The van der Waals surface area contributed by atoms with E-state index in [0.717, 1.165) is 25.2 Å². The second-order valence-electron chi connectivity index (χ2n) is 5.52. The molecule has 2 rings (SSSR count). The first kappa shape index (κ1) is 19.5. The van der Waals surface area contributed by atoms with Crippen molar-refractivity contribution in [3.8, 4) is 0 Å². The highest BCUT2D eigenvalue weighted by molar-refractivity contribution is 6.42. The van der Waals surface area contributed by atoms with E-state index < -0.39 is 0 Å². The van der Waals surface area contributed by atoms with Crippen molar-refractivity contribution in [1.82, 2.24) is 15.1 Å². The number of benzene rings is 1. The van der Waals surface area contributed by atoms with Gasteiger partial charge in [-0.2, -0.15) is 0 Å². The fourth-order valence-corrected chi connectivity index (χ4v) is 2.73. The lowest BCUT2D eigenvalue weighted by atomic mass is 10.2. The van der Waals surface area contributed by atoms with E-state index in [-0.39, 0.29) is 18.3 Å². The van der Waals surface area contributed by atoms with Gasteiger partial charge in [-0.25, -0.2) is 0 Å². The summed E-state index contributed by atoms with van der Waals surface area (Å²) in [6.45, 7) is 5.92. The minimum absolute atomic E-state index is 0. The number of likely N-dealkylation sites (N-methyl/N-ethyl adjacent to an activating group) is 1. The fourth-order valence-electron chi connectivity index (χ4n) is 2.41. The van der Waals surface area contributed by atoms with Gasteiger partial charge in [-0.1, -0.05) is 29.3 Å². The van der Waals surface area contributed by atoms with Gasteiger partial charge >= 0.3 is 0 Å². The first-order valence-corrected chi connectivity index (χ1v) is 7.85. The van der Waals surface area contributed by atoms with Crippen LogP contribution in [0.5, 0.6) is 0 Å². The zero-order chi connectivity index (χ0) is 15.4. The third-order valence-electron chi connectivity index (χ3n) is 3.81. The van der Waals surface area contributed by atoms with Gasteiger partial charge < -0.3 is 10.2 Å². The lowest BCUT2D eigenvalue weighted by Gasteiger charge is -2.34. The molecule has 4 nitrogen and oxygen atoms in total. The molecule has 1 aromatic carbocycles. The highest BCUT2D eigenvalue weighted by Gasteiger charge is 2.21. The number of nitrogens with one attached hydrogen (secondary N) is 1. The van der Waals surface area contributed by atoms with E-state index in [1.807, 2.05) is 13.1 Å². The monoisotopic (exact) mass is 365 g/mol. The van der Waals surface area contributed by atoms with Crippen LogP contribution in [0, 0.1) is 0 Å². The standard InChI is InChI=1S/C15H21Cl2N3O.ClH/c1-11-8-18-5-6-20(11)10-15(21)19(2)9-12-3-4-13(16)14(17)7-12;/h3-4,7,11,18H,5-6,8-10H2,1-2H3;1H/t11-;/m0./s1. The first-order chi connectivity index (χ1) is 9.97. The van der Waals surface area contributed by atoms with Crippen molar-refractivity contribution in [2.45, 2.75) is 19.5 Å². The van der Waals surface area contributed by atoms with Crippen molar-refractivity contribution >= 4 is 41.5 Å². The zero-order valence-electron chi connectivity index (χ0n) is 12.8. The van der Waals surface area contributed by atoms with E-state index in [0.29, 0.717) is 29.2 Å². The van der Waals surface area contributed by atoms with Crippen molar-refractivity contribution in [1.29, 1.82) is 0 Å². The van der Waals surface area contributed by atoms with Gasteiger partial charge in [0.05, 0.1) is 16.6 Å². The van der Waals surface area contributed by atoms with Crippen LogP contribution in [0.2, 0.25) is 10.0 Å². The van der Waals surface area contributed by atoms with Crippen LogP contribution in [-0.2, 0) is 11.3 Å². The van der Waals surface area contributed by atoms with Crippen molar-refractivity contribution in [3.05, 3.63) is 33.8 Å². The number of hydrogen-bond donors (Lipinski definition) is 1. The SMILES string of the molecule is C[C@H]1CNCCN1CC(=O)N(C)Cc1ccc(Cl)c(Cl)c1.Cl. The summed E-state index contributed by atoms with van der Waals surface area (Å²) < 4.78 is 0. The minimum atomic E-state index is 0. The summed E-state index contributed by atoms with van der Waals surface area (Å²) >= 11 is 11.9. The molecule has 0 bridgehead atoms. The molecular formula is C15H22Cl3N3O. The molecule has 0 aromatic heterocycles. The normalized spacial score (nSPS) is 18.6. The third-order valence-corrected chi connectivity index (χ3v) is 4.55. The summed E-state index contributed by atoms with van der Waals surface area (Å²) in [4.78, 5) is 16.3. The summed E-state index contributed by atoms with van der Waals surface area (Å²) in [5.41, 5.74) is 0.980. The molecular weight excluding hydrogens is 345 g/mol. The molecule has 0 saturated carbocycles. The molecule has 1 amide bonds. The Balaban J connectivity index is 0.00000242. The molecule has 7 heteroatoms. The van der Waals surface area contributed by atoms with Crippen LogP contribution in [0.4, 0.5) is 0 Å². The topological polar surface area (TPSA) is 35.6 Å². The summed E-state index contributed by atoms with van der Waals surface area (Å²) in [7, 11) is 1.82. The van der Waals surface area contributed by atoms with Crippen LogP contribution < -0.4 is 5.32 Å². The van der Waals surface area contributed by atoms with E-state index in [1.165, 1.54) is 0 Å². The fraction of sp³-hybridized carbons (Fsp3) is 0.533. The number of carbonyl (C=O) groups is 1. The van der Waals surface area contributed by atoms with Crippen molar-refractivity contribution in [2.75, 3.05) is 33.2 Å². The smallest absolute Gasteiger partial charge is 0.236 e. The molecule has 1 heterocycles. The number of nitrogens with zero attached hydrogens (tertiary/aromatic N) is 2. The Morgan fingerprint density at radius 3 is 2.77 bits per heavy atom. The molecule has 0 aliphatic carbocycles. The number of amides is 1. The Kier molecular flexibility index (Phi) is 7.94. The minimum Gasteiger partial charge on any atom is -0.340 e. The Hall–Kier alpha value is -0.520. The molecule has 22 heavy (non-hydrogen) atoms. The summed E-state index contributed by atoms with van der Waals surface area (Å²) in [5.74, 6) is 0.120. The van der Waals surface area contributed by atoms with E-state index in [9.17, 15) is 4.79 Å². The van der Waals surface area contributed by atoms with Gasteiger partial charge in [-0.15, -0.1) is 12.4 Å². The van der Waals surface area contributed by atoms with Crippen LogP contribution in [-0.4, -0.2) is 55.0 Å². The number of carbonyl (C=O) groups excluding carboxylic acids is 1. The molecule has 1 saturated heterocycles. The van der Waals surface area contributed by atoms with Crippen molar-refractivity contribution < 1.29 is 4.79 Å². The molecule has 1 N–H and O–H groups in total. The molecule has 0 unspecified atom stereocenters. The average Bonchev–Trinajstić information content (AvgIpc) is 2.45. The number of piperazine rings is 1. The van der Waals surface area contributed by atoms with E-state index in [1.54, 1.807) is 17.0 Å². The predicted molar refractivity (Wildman–Crippen MR) is 94.1 cm³/mol. The Bertz CT molecular complexity index is 513. The quantitative estimate of drug-likeness (QED) is 0.890. The average molecular weight is 367 g/mol. The van der Waals surface area contributed by atoms with Gasteiger partial charge in [-0.3, -0.25) is 9.69 Å². The van der Waals surface area contributed by atoms with E-state index >= 15 is 0 Å². The maximum atomic E-state index is 12.3. The van der Waals surface area contributed by atoms with Crippen molar-refractivity contribution in [3.63, 3.8) is 0 Å². The second-order valence-corrected chi connectivity index (χ2v) is 6.34. The Morgan fingerprint density at radius 1 is 1.41 bits per heavy atom. The zero-order valence-corrected chi connectivity index (χ0v) is 15.1. The number of halogens is 3. The summed E-state index contributed by atoms with van der Waals surface area (Å²) in [5, 5.41) is 4.38. The molecule has 1 aromatic rings. The number of rotatable bonds is 4. The van der Waals surface area contributed by atoms with E-state index in [4.69, 9.17) is 23.2 Å². The molecule has 1 fully saturated rings. The lowest BCUT2D eigenvalue weighted by Crippen LogP contribution is -2.52. The third kappa shape index (κ3) is 5.28. The lowest BCUT2D eigenvalue weighted by molar-refractivity contribution is -0.132. The highest BCUT2D eigenvalue weighted by Crippen LogP contribution is 2.23. The predicted octanol–water partition coefficient (Wildman–Crippen LogP) is 2.67. The van der Waals surface area contributed by atoms with Crippen LogP contribution in [0.15, 0.2) is 18.2 Å². The second kappa shape index (κ2) is 8.94. The van der Waals surface area contributed by atoms with Gasteiger partial charge in [0, 0.05) is 39.3 Å². The molecule has 0 spiro atoms. The van der Waals surface area contributed by atoms with Gasteiger partial charge in [0.15, 0.2) is 0 Å². The van der Waals surface area contributed by atoms with Crippen molar-refractivity contribution in [2.24, 2.45) is 0 Å². The van der Waals surface area contributed by atoms with Gasteiger partial charge in [0.2, 0.25) is 5.91 Å². The molecule has 1 atom stereocenters. The maximum absolute atomic E-state index is 12.3. The number of hydrogen-bond acceptors (Lipinski definition) is 3. The van der Waals surface area contributed by atoms with Gasteiger partial charge in [-0.05, 0) is 24.6 Å². The van der Waals surface area contributed by atoms with E-state index in [2.05, 4.69) is 17.1 Å². The summed E-state index contributed by atoms with van der Waals surface area (Å²) in [6.07, 6.45) is 0. The van der Waals surface area contributed by atoms with Crippen LogP contribution in [0.1, 0.15) is 12.5 Å². The van der Waals surface area contributed by atoms with Crippen LogP contribution in [0.25, 0.3) is 0 Å². The van der Waals surface area contributed by atoms with Crippen LogP contribution in [0.3, 0.4) is 0 Å². The van der Waals surface area contributed by atoms with Crippen LogP contribution >= 0.6 is 35.6 Å². The molecule has 0 radical (unpaired) electrons. The molecule has 1 aliphatic heterocycles. The maximum Gasteiger partial charge on any atom is 0.236 e. The molecule has 1 aliphatic rings. The Labute approximate surface area is 148 Å². The Morgan fingerprint density at radius 2 is 2.14 bits per heavy atom. The summed E-state index contributed by atoms with van der Waals surface area (Å²) in [6, 6.07) is 5.85. The highest BCUT2D eigenvalue weighted by atomic mass is 35.5. The largest absolute Gasteiger partial charge is 0.340 e. The molecule has 124 valence electrons. The van der Waals surface area contributed by atoms with Gasteiger partial charge in [0.1, 0.15) is 0 Å². The first-order valence-electron chi connectivity index (χ1n) is 7.10.